The summed E-state index contributed by atoms with van der Waals surface area (Å²) in [6, 6.07) is 10.9. The monoisotopic (exact) mass is 259 g/mol. The lowest BCUT2D eigenvalue weighted by molar-refractivity contribution is 0.471. The van der Waals surface area contributed by atoms with Gasteiger partial charge in [-0.2, -0.15) is 0 Å². The maximum absolute atomic E-state index is 9.48. The molecule has 0 bridgehead atoms. The third-order valence-corrected chi connectivity index (χ3v) is 2.98. The van der Waals surface area contributed by atoms with E-state index in [9.17, 15) is 5.11 Å². The van der Waals surface area contributed by atoms with Crippen LogP contribution in [0.15, 0.2) is 42.6 Å². The van der Waals surface area contributed by atoms with Gasteiger partial charge in [0.15, 0.2) is 5.65 Å². The van der Waals surface area contributed by atoms with Crippen LogP contribution in [-0.4, -0.2) is 19.7 Å². The van der Waals surface area contributed by atoms with Gasteiger partial charge in [0, 0.05) is 11.4 Å². The molecule has 2 heterocycles. The molecule has 4 nitrogen and oxygen atoms in total. The second-order valence-corrected chi connectivity index (χ2v) is 4.47. The summed E-state index contributed by atoms with van der Waals surface area (Å²) in [4.78, 5) is 0. The van der Waals surface area contributed by atoms with Crippen LogP contribution in [0.4, 0.5) is 0 Å². The Bertz CT molecular complexity index is 691. The maximum Gasteiger partial charge on any atom is 0.161 e. The summed E-state index contributed by atoms with van der Waals surface area (Å²) in [5, 5.41) is 18.4. The van der Waals surface area contributed by atoms with Crippen molar-refractivity contribution in [3.05, 3.63) is 59.0 Å². The highest BCUT2D eigenvalue weighted by atomic mass is 35.5. The zero-order valence-corrected chi connectivity index (χ0v) is 10.2. The van der Waals surface area contributed by atoms with Crippen LogP contribution in [0.25, 0.3) is 5.65 Å². The minimum absolute atomic E-state index is 0.194. The van der Waals surface area contributed by atoms with Gasteiger partial charge in [-0.1, -0.05) is 23.7 Å². The summed E-state index contributed by atoms with van der Waals surface area (Å²) in [6.07, 6.45) is 2.25. The molecule has 0 amide bonds. The SMILES string of the molecule is Oc1ccc2nnc(Cc3ccc(Cl)cc3)n2c1. The van der Waals surface area contributed by atoms with Gasteiger partial charge in [0.05, 0.1) is 6.20 Å². The van der Waals surface area contributed by atoms with Crippen molar-refractivity contribution in [1.29, 1.82) is 0 Å². The van der Waals surface area contributed by atoms with E-state index in [1.807, 2.05) is 24.3 Å². The topological polar surface area (TPSA) is 50.4 Å². The first-order valence-electron chi connectivity index (χ1n) is 5.49. The van der Waals surface area contributed by atoms with E-state index in [0.29, 0.717) is 11.4 Å². The van der Waals surface area contributed by atoms with Gasteiger partial charge in [0.1, 0.15) is 11.6 Å². The zero-order valence-electron chi connectivity index (χ0n) is 9.42. The van der Waals surface area contributed by atoms with Crippen molar-refractivity contribution < 1.29 is 5.11 Å². The molecular formula is C13H10ClN3O. The van der Waals surface area contributed by atoms with Crippen LogP contribution in [0.5, 0.6) is 5.75 Å². The number of benzene rings is 1. The first kappa shape index (κ1) is 11.0. The fourth-order valence-electron chi connectivity index (χ4n) is 1.83. The lowest BCUT2D eigenvalue weighted by Crippen LogP contribution is -1.96. The number of aromatic nitrogens is 3. The largest absolute Gasteiger partial charge is 0.506 e. The molecule has 0 aliphatic rings. The van der Waals surface area contributed by atoms with E-state index in [4.69, 9.17) is 11.6 Å². The van der Waals surface area contributed by atoms with Crippen molar-refractivity contribution in [3.63, 3.8) is 0 Å². The van der Waals surface area contributed by atoms with Gasteiger partial charge in [-0.3, -0.25) is 4.40 Å². The van der Waals surface area contributed by atoms with Crippen molar-refractivity contribution in [3.8, 4) is 5.75 Å². The molecule has 0 saturated carbocycles. The molecule has 0 saturated heterocycles. The van der Waals surface area contributed by atoms with Gasteiger partial charge >= 0.3 is 0 Å². The molecule has 0 unspecified atom stereocenters. The molecule has 0 fully saturated rings. The number of pyridine rings is 1. The van der Waals surface area contributed by atoms with E-state index in [-0.39, 0.29) is 5.75 Å². The molecule has 0 aliphatic carbocycles. The van der Waals surface area contributed by atoms with Crippen LogP contribution in [-0.2, 0) is 6.42 Å². The predicted molar refractivity (Wildman–Crippen MR) is 68.9 cm³/mol. The molecular weight excluding hydrogens is 250 g/mol. The highest BCUT2D eigenvalue weighted by molar-refractivity contribution is 6.30. The summed E-state index contributed by atoms with van der Waals surface area (Å²) in [5.74, 6) is 0.975. The third-order valence-electron chi connectivity index (χ3n) is 2.73. The van der Waals surface area contributed by atoms with E-state index in [2.05, 4.69) is 10.2 Å². The number of hydrogen-bond acceptors (Lipinski definition) is 3. The molecule has 0 radical (unpaired) electrons. The van der Waals surface area contributed by atoms with E-state index in [0.717, 1.165) is 17.0 Å². The average Bonchev–Trinajstić information content (AvgIpc) is 2.75. The molecule has 0 aliphatic heterocycles. The summed E-state index contributed by atoms with van der Waals surface area (Å²) in [6.45, 7) is 0. The fraction of sp³-hybridized carbons (Fsp3) is 0.0769. The summed E-state index contributed by atoms with van der Waals surface area (Å²) in [5.41, 5.74) is 1.81. The number of halogens is 1. The van der Waals surface area contributed by atoms with Crippen molar-refractivity contribution in [2.75, 3.05) is 0 Å². The first-order chi connectivity index (χ1) is 8.72. The number of rotatable bonds is 2. The smallest absolute Gasteiger partial charge is 0.161 e. The normalized spacial score (nSPS) is 10.9. The van der Waals surface area contributed by atoms with Crippen molar-refractivity contribution in [2.45, 2.75) is 6.42 Å². The summed E-state index contributed by atoms with van der Waals surface area (Å²) in [7, 11) is 0. The van der Waals surface area contributed by atoms with E-state index >= 15 is 0 Å². The highest BCUT2D eigenvalue weighted by Crippen LogP contribution is 2.15. The van der Waals surface area contributed by atoms with Gasteiger partial charge in [0.2, 0.25) is 0 Å². The Kier molecular flexibility index (Phi) is 2.64. The zero-order chi connectivity index (χ0) is 12.5. The maximum atomic E-state index is 9.48. The lowest BCUT2D eigenvalue weighted by atomic mass is 10.1. The van der Waals surface area contributed by atoms with E-state index in [1.165, 1.54) is 0 Å². The third kappa shape index (κ3) is 2.02. The Morgan fingerprint density at radius 1 is 1.06 bits per heavy atom. The molecule has 90 valence electrons. The predicted octanol–water partition coefficient (Wildman–Crippen LogP) is 2.68. The Morgan fingerprint density at radius 3 is 2.61 bits per heavy atom. The van der Waals surface area contributed by atoms with Gasteiger partial charge in [-0.15, -0.1) is 10.2 Å². The Labute approximate surface area is 108 Å². The van der Waals surface area contributed by atoms with Gasteiger partial charge in [-0.25, -0.2) is 0 Å². The minimum atomic E-state index is 0.194. The summed E-state index contributed by atoms with van der Waals surface area (Å²) < 4.78 is 1.78. The Balaban J connectivity index is 1.99. The number of aromatic hydroxyl groups is 1. The average molecular weight is 260 g/mol. The molecule has 3 aromatic rings. The van der Waals surface area contributed by atoms with Crippen LogP contribution >= 0.6 is 11.6 Å². The van der Waals surface area contributed by atoms with Crippen LogP contribution in [0.3, 0.4) is 0 Å². The van der Waals surface area contributed by atoms with Gasteiger partial charge < -0.3 is 5.11 Å². The second kappa shape index (κ2) is 4.31. The Hall–Kier alpha value is -2.07. The highest BCUT2D eigenvalue weighted by Gasteiger charge is 2.06. The fourth-order valence-corrected chi connectivity index (χ4v) is 1.96. The minimum Gasteiger partial charge on any atom is -0.506 e. The van der Waals surface area contributed by atoms with Gasteiger partial charge in [0.25, 0.3) is 0 Å². The number of nitrogens with zero attached hydrogens (tertiary/aromatic N) is 3. The quantitative estimate of drug-likeness (QED) is 0.770. The van der Waals surface area contributed by atoms with Crippen molar-refractivity contribution >= 4 is 17.2 Å². The molecule has 0 atom stereocenters. The standard InChI is InChI=1S/C13H10ClN3O/c14-10-3-1-9(2-4-10)7-13-16-15-12-6-5-11(18)8-17(12)13/h1-6,8,18H,7H2. The number of fused-ring (bicyclic) bond motifs is 1. The van der Waals surface area contributed by atoms with Crippen LogP contribution in [0, 0.1) is 0 Å². The summed E-state index contributed by atoms with van der Waals surface area (Å²) >= 11 is 5.84. The van der Waals surface area contributed by atoms with E-state index < -0.39 is 0 Å². The van der Waals surface area contributed by atoms with Crippen molar-refractivity contribution in [2.24, 2.45) is 0 Å². The second-order valence-electron chi connectivity index (χ2n) is 4.03. The van der Waals surface area contributed by atoms with Gasteiger partial charge in [-0.05, 0) is 29.8 Å². The molecule has 1 aromatic carbocycles. The van der Waals surface area contributed by atoms with Crippen molar-refractivity contribution in [1.82, 2.24) is 14.6 Å². The molecule has 1 N–H and O–H groups in total. The first-order valence-corrected chi connectivity index (χ1v) is 5.87. The number of hydrogen-bond donors (Lipinski definition) is 1. The van der Waals surface area contributed by atoms with Crippen LogP contribution < -0.4 is 0 Å². The Morgan fingerprint density at radius 2 is 1.83 bits per heavy atom. The molecule has 5 heteroatoms. The van der Waals surface area contributed by atoms with Crippen LogP contribution in [0.1, 0.15) is 11.4 Å². The molecule has 0 spiro atoms. The molecule has 18 heavy (non-hydrogen) atoms. The molecule has 3 rings (SSSR count). The van der Waals surface area contributed by atoms with E-state index in [1.54, 1.807) is 22.7 Å². The lowest BCUT2D eigenvalue weighted by Gasteiger charge is -2.01. The molecule has 2 aromatic heterocycles. The van der Waals surface area contributed by atoms with Crippen LogP contribution in [0.2, 0.25) is 5.02 Å².